The second kappa shape index (κ2) is 9.20. The molecule has 31 heavy (non-hydrogen) atoms. The number of nitrogens with zero attached hydrogens (tertiary/aromatic N) is 2. The molecule has 1 aromatic heterocycles. The number of benzene rings is 3. The van der Waals surface area contributed by atoms with Gasteiger partial charge in [0.2, 0.25) is 0 Å². The molecule has 0 aliphatic carbocycles. The SMILES string of the molecule is N#C/C(=C\c1ccc(OCc2ccccc2F)cc1)C(=O)Nc1nc2ccccc2s1. The Morgan fingerprint density at radius 1 is 1.10 bits per heavy atom. The summed E-state index contributed by atoms with van der Waals surface area (Å²) in [5.74, 6) is -0.292. The first-order valence-electron chi connectivity index (χ1n) is 9.37. The molecule has 0 aliphatic heterocycles. The highest BCUT2D eigenvalue weighted by atomic mass is 32.1. The third-order valence-electron chi connectivity index (χ3n) is 4.42. The van der Waals surface area contributed by atoms with E-state index in [2.05, 4.69) is 10.3 Å². The van der Waals surface area contributed by atoms with Crippen LogP contribution in [0.4, 0.5) is 9.52 Å². The minimum atomic E-state index is -0.526. The summed E-state index contributed by atoms with van der Waals surface area (Å²) in [6.07, 6.45) is 1.49. The number of fused-ring (bicyclic) bond motifs is 1. The van der Waals surface area contributed by atoms with E-state index in [1.807, 2.05) is 30.3 Å². The summed E-state index contributed by atoms with van der Waals surface area (Å²) in [7, 11) is 0. The number of hydrogen-bond acceptors (Lipinski definition) is 5. The Morgan fingerprint density at radius 3 is 2.58 bits per heavy atom. The molecule has 0 atom stereocenters. The van der Waals surface area contributed by atoms with Gasteiger partial charge >= 0.3 is 0 Å². The van der Waals surface area contributed by atoms with Crippen molar-refractivity contribution >= 4 is 38.7 Å². The van der Waals surface area contributed by atoms with Crippen molar-refractivity contribution in [3.8, 4) is 11.8 Å². The van der Waals surface area contributed by atoms with Crippen LogP contribution in [0.5, 0.6) is 5.75 Å². The van der Waals surface area contributed by atoms with Gasteiger partial charge in [-0.25, -0.2) is 9.37 Å². The van der Waals surface area contributed by atoms with Crippen molar-refractivity contribution in [2.24, 2.45) is 0 Å². The van der Waals surface area contributed by atoms with Gasteiger partial charge in [0, 0.05) is 5.56 Å². The van der Waals surface area contributed by atoms with Crippen molar-refractivity contribution in [3.05, 3.63) is 95.3 Å². The number of thiazole rings is 1. The van der Waals surface area contributed by atoms with Crippen LogP contribution in [-0.2, 0) is 11.4 Å². The molecule has 4 rings (SSSR count). The number of halogens is 1. The Morgan fingerprint density at radius 2 is 1.84 bits per heavy atom. The van der Waals surface area contributed by atoms with Crippen molar-refractivity contribution in [3.63, 3.8) is 0 Å². The van der Waals surface area contributed by atoms with Crippen molar-refractivity contribution in [1.29, 1.82) is 5.26 Å². The van der Waals surface area contributed by atoms with Crippen molar-refractivity contribution in [2.75, 3.05) is 5.32 Å². The molecule has 1 N–H and O–H groups in total. The monoisotopic (exact) mass is 429 g/mol. The quantitative estimate of drug-likeness (QED) is 0.322. The van der Waals surface area contributed by atoms with Crippen LogP contribution < -0.4 is 10.1 Å². The van der Waals surface area contributed by atoms with Crippen LogP contribution >= 0.6 is 11.3 Å². The van der Waals surface area contributed by atoms with E-state index in [4.69, 9.17) is 4.74 Å². The lowest BCUT2D eigenvalue weighted by atomic mass is 10.1. The summed E-state index contributed by atoms with van der Waals surface area (Å²) >= 11 is 1.34. The van der Waals surface area contributed by atoms with Gasteiger partial charge in [0.15, 0.2) is 5.13 Å². The van der Waals surface area contributed by atoms with Gasteiger partial charge in [-0.1, -0.05) is 53.8 Å². The van der Waals surface area contributed by atoms with Gasteiger partial charge < -0.3 is 4.74 Å². The number of nitrogens with one attached hydrogen (secondary N) is 1. The Kier molecular flexibility index (Phi) is 6.01. The topological polar surface area (TPSA) is 75.0 Å². The molecule has 0 spiro atoms. The molecular weight excluding hydrogens is 413 g/mol. The highest BCUT2D eigenvalue weighted by molar-refractivity contribution is 7.22. The third-order valence-corrected chi connectivity index (χ3v) is 5.37. The summed E-state index contributed by atoms with van der Waals surface area (Å²) in [6, 6.07) is 22.7. The Hall–Kier alpha value is -4.02. The van der Waals surface area contributed by atoms with Crippen LogP contribution in [0, 0.1) is 17.1 Å². The average molecular weight is 429 g/mol. The molecule has 0 bridgehead atoms. The highest BCUT2D eigenvalue weighted by Gasteiger charge is 2.12. The van der Waals surface area contributed by atoms with E-state index in [1.54, 1.807) is 42.5 Å². The number of ether oxygens (including phenoxy) is 1. The lowest BCUT2D eigenvalue weighted by Crippen LogP contribution is -2.13. The van der Waals surface area contributed by atoms with Crippen molar-refractivity contribution < 1.29 is 13.9 Å². The number of rotatable bonds is 6. The number of hydrogen-bond donors (Lipinski definition) is 1. The number of amides is 1. The third kappa shape index (κ3) is 4.94. The molecule has 152 valence electrons. The van der Waals surface area contributed by atoms with E-state index in [9.17, 15) is 14.4 Å². The first kappa shape index (κ1) is 20.3. The van der Waals surface area contributed by atoms with Crippen molar-refractivity contribution in [2.45, 2.75) is 6.61 Å². The van der Waals surface area contributed by atoms with Crippen LogP contribution in [0.3, 0.4) is 0 Å². The number of carbonyl (C=O) groups is 1. The Balaban J connectivity index is 1.42. The van der Waals surface area contributed by atoms with E-state index in [0.717, 1.165) is 10.2 Å². The van der Waals surface area contributed by atoms with Crippen LogP contribution in [0.15, 0.2) is 78.4 Å². The molecule has 1 heterocycles. The van der Waals surface area contributed by atoms with E-state index in [-0.39, 0.29) is 18.0 Å². The molecule has 0 fully saturated rings. The minimum Gasteiger partial charge on any atom is -0.489 e. The van der Waals surface area contributed by atoms with E-state index in [1.165, 1.54) is 23.5 Å². The summed E-state index contributed by atoms with van der Waals surface area (Å²) in [6.45, 7) is 0.107. The summed E-state index contributed by atoms with van der Waals surface area (Å²) < 4.78 is 20.2. The largest absolute Gasteiger partial charge is 0.489 e. The van der Waals surface area contributed by atoms with E-state index < -0.39 is 5.91 Å². The molecule has 7 heteroatoms. The second-order valence-corrected chi connectivity index (χ2v) is 7.59. The predicted octanol–water partition coefficient (Wildman–Crippen LogP) is 5.56. The van der Waals surface area contributed by atoms with Gasteiger partial charge in [-0.3, -0.25) is 10.1 Å². The Labute approximate surface area is 182 Å². The highest BCUT2D eigenvalue weighted by Crippen LogP contribution is 2.26. The van der Waals surface area contributed by atoms with Crippen LogP contribution in [0.2, 0.25) is 0 Å². The molecule has 1 amide bonds. The van der Waals surface area contributed by atoms with Gasteiger partial charge in [-0.05, 0) is 42.0 Å². The zero-order valence-electron chi connectivity index (χ0n) is 16.2. The fourth-order valence-electron chi connectivity index (χ4n) is 2.84. The first-order chi connectivity index (χ1) is 15.1. The zero-order valence-corrected chi connectivity index (χ0v) is 17.0. The molecule has 4 aromatic rings. The lowest BCUT2D eigenvalue weighted by molar-refractivity contribution is -0.112. The maximum absolute atomic E-state index is 13.7. The molecule has 0 aliphatic rings. The number of para-hydroxylation sites is 1. The number of aromatic nitrogens is 1. The fraction of sp³-hybridized carbons (Fsp3) is 0.0417. The predicted molar refractivity (Wildman–Crippen MR) is 119 cm³/mol. The number of nitriles is 1. The average Bonchev–Trinajstić information content (AvgIpc) is 3.20. The van der Waals surface area contributed by atoms with Gasteiger partial charge in [0.1, 0.15) is 29.8 Å². The standard InChI is InChI=1S/C24H16FN3O2S/c25-20-6-2-1-5-17(20)15-30-19-11-9-16(10-12-19)13-18(14-26)23(29)28-24-27-21-7-3-4-8-22(21)31-24/h1-13H,15H2,(H,27,28,29)/b18-13+. The smallest absolute Gasteiger partial charge is 0.268 e. The van der Waals surface area contributed by atoms with Crippen LogP contribution in [0.25, 0.3) is 16.3 Å². The van der Waals surface area contributed by atoms with Gasteiger partial charge in [0.05, 0.1) is 10.2 Å². The fourth-order valence-corrected chi connectivity index (χ4v) is 3.70. The summed E-state index contributed by atoms with van der Waals surface area (Å²) in [5, 5.41) is 12.5. The van der Waals surface area contributed by atoms with Gasteiger partial charge in [0.25, 0.3) is 5.91 Å². The van der Waals surface area contributed by atoms with Crippen LogP contribution in [-0.4, -0.2) is 10.9 Å². The second-order valence-electron chi connectivity index (χ2n) is 6.56. The summed E-state index contributed by atoms with van der Waals surface area (Å²) in [5.41, 5.74) is 1.87. The first-order valence-corrected chi connectivity index (χ1v) is 10.2. The van der Waals surface area contributed by atoms with E-state index >= 15 is 0 Å². The molecule has 0 unspecified atom stereocenters. The van der Waals surface area contributed by atoms with E-state index in [0.29, 0.717) is 22.0 Å². The summed E-state index contributed by atoms with van der Waals surface area (Å²) in [4.78, 5) is 16.8. The number of carbonyl (C=O) groups excluding carboxylic acids is 1. The van der Waals surface area contributed by atoms with Crippen molar-refractivity contribution in [1.82, 2.24) is 4.98 Å². The normalized spacial score (nSPS) is 11.2. The maximum atomic E-state index is 13.7. The molecular formula is C24H16FN3O2S. The molecule has 0 saturated heterocycles. The zero-order chi connectivity index (χ0) is 21.6. The maximum Gasteiger partial charge on any atom is 0.268 e. The number of anilines is 1. The minimum absolute atomic E-state index is 0.0423. The Bertz CT molecular complexity index is 1270. The van der Waals surface area contributed by atoms with Gasteiger partial charge in [-0.15, -0.1) is 0 Å². The molecule has 5 nitrogen and oxygen atoms in total. The van der Waals surface area contributed by atoms with Crippen LogP contribution in [0.1, 0.15) is 11.1 Å². The molecule has 0 radical (unpaired) electrons. The van der Waals surface area contributed by atoms with Gasteiger partial charge in [-0.2, -0.15) is 5.26 Å². The lowest BCUT2D eigenvalue weighted by Gasteiger charge is -2.07. The molecule has 3 aromatic carbocycles. The molecule has 0 saturated carbocycles.